The molecule has 25 heavy (non-hydrogen) atoms. The van der Waals surface area contributed by atoms with E-state index in [1.165, 1.54) is 0 Å². The van der Waals surface area contributed by atoms with E-state index in [0.29, 0.717) is 6.42 Å². The predicted octanol–water partition coefficient (Wildman–Crippen LogP) is 2.68. The van der Waals surface area contributed by atoms with Crippen LogP contribution in [0.2, 0.25) is 0 Å². The van der Waals surface area contributed by atoms with E-state index in [-0.39, 0.29) is 40.4 Å². The Morgan fingerprint density at radius 3 is 2.36 bits per heavy atom. The lowest BCUT2D eigenvalue weighted by Crippen LogP contribution is -2.54. The Morgan fingerprint density at radius 1 is 1.16 bits per heavy atom. The minimum atomic E-state index is -1.10. The number of fused-ring (bicyclic) bond motifs is 2. The molecule has 0 aromatic heterocycles. The second-order valence-corrected chi connectivity index (χ2v) is 8.67. The van der Waals surface area contributed by atoms with Crippen LogP contribution in [0.5, 0.6) is 0 Å². The van der Waals surface area contributed by atoms with Gasteiger partial charge in [-0.3, -0.25) is 9.59 Å². The van der Waals surface area contributed by atoms with Crippen molar-refractivity contribution in [3.05, 3.63) is 22.5 Å². The molecule has 1 unspecified atom stereocenters. The zero-order valence-corrected chi connectivity index (χ0v) is 15.3. The van der Waals surface area contributed by atoms with Crippen LogP contribution in [-0.4, -0.2) is 34.2 Å². The molecule has 1 saturated carbocycles. The fourth-order valence-corrected chi connectivity index (χ4v) is 5.30. The molecule has 3 aliphatic carbocycles. The molecule has 0 amide bonds. The van der Waals surface area contributed by atoms with Crippen molar-refractivity contribution in [2.24, 2.45) is 22.7 Å². The first-order chi connectivity index (χ1) is 11.6. The monoisotopic (exact) mass is 346 g/mol. The van der Waals surface area contributed by atoms with Gasteiger partial charge in [0.25, 0.3) is 0 Å². The molecule has 136 valence electrons. The van der Waals surface area contributed by atoms with Crippen molar-refractivity contribution in [2.45, 2.75) is 59.5 Å². The lowest BCUT2D eigenvalue weighted by molar-refractivity contribution is -0.133. The molecule has 0 aromatic rings. The minimum Gasteiger partial charge on any atom is -0.504 e. The van der Waals surface area contributed by atoms with Crippen LogP contribution < -0.4 is 0 Å². The molecule has 1 fully saturated rings. The van der Waals surface area contributed by atoms with Crippen LogP contribution in [0, 0.1) is 22.7 Å². The predicted molar refractivity (Wildman–Crippen MR) is 91.8 cm³/mol. The van der Waals surface area contributed by atoms with Crippen LogP contribution in [0.3, 0.4) is 0 Å². The molecule has 5 nitrogen and oxygen atoms in total. The Morgan fingerprint density at radius 2 is 1.80 bits per heavy atom. The van der Waals surface area contributed by atoms with Crippen molar-refractivity contribution < 1.29 is 24.6 Å². The number of allylic oxidation sites excluding steroid dienone is 2. The van der Waals surface area contributed by atoms with Gasteiger partial charge in [-0.05, 0) is 36.5 Å². The normalized spacial score (nSPS) is 35.0. The van der Waals surface area contributed by atoms with Crippen molar-refractivity contribution in [1.82, 2.24) is 0 Å². The maximum Gasteiger partial charge on any atom is 0.225 e. The molecule has 3 aliphatic rings. The van der Waals surface area contributed by atoms with E-state index in [0.717, 1.165) is 19.1 Å². The van der Waals surface area contributed by atoms with Gasteiger partial charge in [0.1, 0.15) is 6.29 Å². The van der Waals surface area contributed by atoms with E-state index in [9.17, 15) is 24.6 Å². The molecule has 0 aliphatic heterocycles. The first kappa shape index (κ1) is 18.1. The van der Waals surface area contributed by atoms with Crippen molar-refractivity contribution in [3.63, 3.8) is 0 Å². The van der Waals surface area contributed by atoms with E-state index >= 15 is 0 Å². The molecule has 3 atom stereocenters. The summed E-state index contributed by atoms with van der Waals surface area (Å²) in [5.74, 6) is -2.28. The Bertz CT molecular complexity index is 724. The number of ketones is 2. The first-order valence-electron chi connectivity index (χ1n) is 9.00. The third kappa shape index (κ3) is 2.28. The molecule has 0 saturated heterocycles. The highest BCUT2D eigenvalue weighted by atomic mass is 16.3. The number of aldehydes is 1. The van der Waals surface area contributed by atoms with Gasteiger partial charge < -0.3 is 15.0 Å². The third-order valence-corrected chi connectivity index (χ3v) is 6.48. The highest BCUT2D eigenvalue weighted by Crippen LogP contribution is 2.60. The SMILES string of the molecule is CC(C)C1=C(O)C(=O)C2=C(C1=O)[C@@H](O)CC1C(C)(C)CCC[C@]21C=O. The van der Waals surface area contributed by atoms with Gasteiger partial charge in [-0.2, -0.15) is 0 Å². The second-order valence-electron chi connectivity index (χ2n) is 8.67. The standard InChI is InChI=1S/C20H26O5/c1-10(2)13-16(23)14-11(22)8-12-19(3,4)6-5-7-20(12,9-21)15(14)18(25)17(13)24/h9-12,22,24H,5-8H2,1-4H3/t11-,12?,20+/m0/s1. The summed E-state index contributed by atoms with van der Waals surface area (Å²) in [6.45, 7) is 7.52. The summed E-state index contributed by atoms with van der Waals surface area (Å²) >= 11 is 0. The average molecular weight is 346 g/mol. The zero-order chi connectivity index (χ0) is 18.7. The fraction of sp³-hybridized carbons (Fsp3) is 0.650. The Kier molecular flexibility index (Phi) is 4.06. The molecular formula is C20H26O5. The second kappa shape index (κ2) is 5.63. The Balaban J connectivity index is 2.27. The van der Waals surface area contributed by atoms with Crippen LogP contribution >= 0.6 is 0 Å². The van der Waals surface area contributed by atoms with E-state index in [1.54, 1.807) is 13.8 Å². The van der Waals surface area contributed by atoms with Gasteiger partial charge in [0.15, 0.2) is 11.5 Å². The lowest BCUT2D eigenvalue weighted by atomic mass is 9.48. The third-order valence-electron chi connectivity index (χ3n) is 6.48. The van der Waals surface area contributed by atoms with Gasteiger partial charge in [0.05, 0.1) is 11.5 Å². The first-order valence-corrected chi connectivity index (χ1v) is 9.00. The van der Waals surface area contributed by atoms with Gasteiger partial charge in [-0.15, -0.1) is 0 Å². The average Bonchev–Trinajstić information content (AvgIpc) is 2.52. The van der Waals surface area contributed by atoms with Gasteiger partial charge in [0.2, 0.25) is 5.78 Å². The van der Waals surface area contributed by atoms with Crippen LogP contribution in [0.4, 0.5) is 0 Å². The van der Waals surface area contributed by atoms with E-state index in [4.69, 9.17) is 0 Å². The molecule has 0 spiro atoms. The fourth-order valence-electron chi connectivity index (χ4n) is 5.30. The summed E-state index contributed by atoms with van der Waals surface area (Å²) in [5, 5.41) is 21.1. The van der Waals surface area contributed by atoms with Crippen molar-refractivity contribution >= 4 is 17.9 Å². The number of hydrogen-bond acceptors (Lipinski definition) is 5. The lowest BCUT2D eigenvalue weighted by Gasteiger charge is -2.54. The number of Topliss-reactive ketones (excluding diaryl/α,β-unsaturated/α-hetero) is 2. The summed E-state index contributed by atoms with van der Waals surface area (Å²) in [6.07, 6.45) is 2.12. The number of aliphatic hydroxyl groups is 2. The number of carbonyl (C=O) groups excluding carboxylic acids is 3. The Labute approximate surface area is 147 Å². The van der Waals surface area contributed by atoms with Gasteiger partial charge in [-0.25, -0.2) is 0 Å². The Hall–Kier alpha value is -1.75. The maximum atomic E-state index is 13.0. The quantitative estimate of drug-likeness (QED) is 0.592. The number of rotatable bonds is 2. The molecule has 0 bridgehead atoms. The van der Waals surface area contributed by atoms with Crippen molar-refractivity contribution in [2.75, 3.05) is 0 Å². The van der Waals surface area contributed by atoms with Crippen molar-refractivity contribution in [3.8, 4) is 0 Å². The summed E-state index contributed by atoms with van der Waals surface area (Å²) in [5.41, 5.74) is -1.21. The topological polar surface area (TPSA) is 91.7 Å². The van der Waals surface area contributed by atoms with Crippen LogP contribution in [-0.2, 0) is 14.4 Å². The van der Waals surface area contributed by atoms with Gasteiger partial charge in [-0.1, -0.05) is 34.1 Å². The van der Waals surface area contributed by atoms with Crippen molar-refractivity contribution in [1.29, 1.82) is 0 Å². The molecule has 5 heteroatoms. The van der Waals surface area contributed by atoms with E-state index in [2.05, 4.69) is 0 Å². The molecule has 0 radical (unpaired) electrons. The van der Waals surface area contributed by atoms with Gasteiger partial charge >= 0.3 is 0 Å². The zero-order valence-electron chi connectivity index (χ0n) is 15.3. The summed E-state index contributed by atoms with van der Waals surface area (Å²) < 4.78 is 0. The molecule has 3 rings (SSSR count). The smallest absolute Gasteiger partial charge is 0.225 e. The highest BCUT2D eigenvalue weighted by Gasteiger charge is 2.60. The summed E-state index contributed by atoms with van der Waals surface area (Å²) in [7, 11) is 0. The van der Waals surface area contributed by atoms with Crippen LogP contribution in [0.1, 0.15) is 53.4 Å². The van der Waals surface area contributed by atoms with Crippen LogP contribution in [0.25, 0.3) is 0 Å². The van der Waals surface area contributed by atoms with E-state index in [1.807, 2.05) is 13.8 Å². The molecule has 0 aromatic carbocycles. The summed E-state index contributed by atoms with van der Waals surface area (Å²) in [4.78, 5) is 38.2. The number of carbonyl (C=O) groups is 3. The number of aliphatic hydroxyl groups excluding tert-OH is 2. The molecule has 2 N–H and O–H groups in total. The molecular weight excluding hydrogens is 320 g/mol. The minimum absolute atomic E-state index is 0.0348. The maximum absolute atomic E-state index is 13.0. The summed E-state index contributed by atoms with van der Waals surface area (Å²) in [6, 6.07) is 0. The molecule has 0 heterocycles. The highest BCUT2D eigenvalue weighted by molar-refractivity contribution is 6.26. The van der Waals surface area contributed by atoms with Crippen LogP contribution in [0.15, 0.2) is 22.5 Å². The number of hydrogen-bond donors (Lipinski definition) is 2. The van der Waals surface area contributed by atoms with E-state index < -0.39 is 28.8 Å². The van der Waals surface area contributed by atoms with Gasteiger partial charge in [0, 0.05) is 16.7 Å². The largest absolute Gasteiger partial charge is 0.504 e.